The van der Waals surface area contributed by atoms with Crippen molar-refractivity contribution in [3.8, 4) is 17.3 Å². The number of imidazole rings is 1. The number of carbonyl (C=O) groups is 1. The van der Waals surface area contributed by atoms with Crippen LogP contribution < -0.4 is 16.4 Å². The van der Waals surface area contributed by atoms with E-state index >= 15 is 0 Å². The molecule has 1 aliphatic heterocycles. The van der Waals surface area contributed by atoms with Gasteiger partial charge < -0.3 is 16.4 Å². The highest BCUT2D eigenvalue weighted by Crippen LogP contribution is 2.36. The van der Waals surface area contributed by atoms with Crippen molar-refractivity contribution in [3.05, 3.63) is 54.5 Å². The van der Waals surface area contributed by atoms with Gasteiger partial charge in [-0.05, 0) is 37.0 Å². The largest absolute Gasteiger partial charge is 0.405 e. The Morgan fingerprint density at radius 1 is 1.27 bits per heavy atom. The quantitative estimate of drug-likeness (QED) is 0.346. The van der Waals surface area contributed by atoms with Gasteiger partial charge in [0.15, 0.2) is 5.65 Å². The fourth-order valence-corrected chi connectivity index (χ4v) is 4.73. The van der Waals surface area contributed by atoms with Crippen molar-refractivity contribution < 1.29 is 18.0 Å². The first-order chi connectivity index (χ1) is 19.2. The second-order valence-electron chi connectivity index (χ2n) is 10.2. The number of aliphatic imine (C=N–C) groups is 1. The van der Waals surface area contributed by atoms with Crippen LogP contribution in [0.15, 0.2) is 53.9 Å². The van der Waals surface area contributed by atoms with Gasteiger partial charge in [0.1, 0.15) is 6.54 Å². The second-order valence-corrected chi connectivity index (χ2v) is 10.2. The molecule has 4 N–H and O–H groups in total. The van der Waals surface area contributed by atoms with Gasteiger partial charge in [-0.1, -0.05) is 12.1 Å². The molecule has 1 saturated heterocycles. The Bertz CT molecular complexity index is 1490. The Hall–Kier alpha value is -4.44. The molecule has 208 valence electrons. The Morgan fingerprint density at radius 2 is 2.08 bits per heavy atom. The van der Waals surface area contributed by atoms with E-state index in [1.165, 1.54) is 19.0 Å². The maximum atomic E-state index is 12.4. The standard InChI is InChI=1S/C27H28F3N9O/c28-27(29,30)15-34-25(40)37-22-3-1-2-19(8-22)23-13-33-24-9-20(12-36-39(23)24)21(10-32)11-35-26(6-7-31)16-38(17-26)14-18-4-5-18/h1-3,8-13,18H,4-6,14-17,32H2,(H2,34,37,40). The van der Waals surface area contributed by atoms with Crippen molar-refractivity contribution in [2.24, 2.45) is 16.6 Å². The predicted octanol–water partition coefficient (Wildman–Crippen LogP) is 3.83. The van der Waals surface area contributed by atoms with Crippen LogP contribution in [0.25, 0.3) is 22.5 Å². The summed E-state index contributed by atoms with van der Waals surface area (Å²) in [5, 5.41) is 18.0. The number of hydrogen-bond acceptors (Lipinski definition) is 7. The first-order valence-corrected chi connectivity index (χ1v) is 12.8. The molecule has 0 bridgehead atoms. The molecule has 3 aromatic rings. The number of allylic oxidation sites excluding steroid dienone is 1. The van der Waals surface area contributed by atoms with E-state index in [9.17, 15) is 23.2 Å². The molecule has 1 aromatic carbocycles. The number of benzene rings is 1. The number of nitriles is 1. The van der Waals surface area contributed by atoms with Crippen LogP contribution in [-0.2, 0) is 0 Å². The van der Waals surface area contributed by atoms with Crippen molar-refractivity contribution in [1.82, 2.24) is 24.8 Å². The zero-order chi connectivity index (χ0) is 28.3. The highest BCUT2D eigenvalue weighted by Gasteiger charge is 2.44. The number of likely N-dealkylation sites (tertiary alicyclic amines) is 1. The molecule has 3 heterocycles. The average molecular weight is 552 g/mol. The van der Waals surface area contributed by atoms with E-state index in [0.29, 0.717) is 40.1 Å². The number of anilines is 1. The summed E-state index contributed by atoms with van der Waals surface area (Å²) in [6.07, 6.45) is 4.77. The van der Waals surface area contributed by atoms with E-state index in [1.54, 1.807) is 52.7 Å². The third-order valence-corrected chi connectivity index (χ3v) is 6.87. The zero-order valence-corrected chi connectivity index (χ0v) is 21.5. The topological polar surface area (TPSA) is 137 Å². The lowest BCUT2D eigenvalue weighted by molar-refractivity contribution is -0.122. The van der Waals surface area contributed by atoms with E-state index in [4.69, 9.17) is 10.7 Å². The second kappa shape index (κ2) is 11.0. The number of urea groups is 1. The van der Waals surface area contributed by atoms with Crippen LogP contribution in [0.2, 0.25) is 0 Å². The fourth-order valence-electron chi connectivity index (χ4n) is 4.73. The molecule has 5 rings (SSSR count). The van der Waals surface area contributed by atoms with Gasteiger partial charge in [-0.3, -0.25) is 9.89 Å². The highest BCUT2D eigenvalue weighted by atomic mass is 19.4. The van der Waals surface area contributed by atoms with Crippen molar-refractivity contribution in [3.63, 3.8) is 0 Å². The van der Waals surface area contributed by atoms with Crippen molar-refractivity contribution in [2.75, 3.05) is 31.5 Å². The summed E-state index contributed by atoms with van der Waals surface area (Å²) < 4.78 is 38.7. The smallest absolute Gasteiger partial charge is 0.404 e. The van der Waals surface area contributed by atoms with Gasteiger partial charge in [0, 0.05) is 54.4 Å². The van der Waals surface area contributed by atoms with Gasteiger partial charge in [0.2, 0.25) is 0 Å². The molecular formula is C27H28F3N9O. The number of hydrogen-bond donors (Lipinski definition) is 3. The molecule has 2 fully saturated rings. The Labute approximate surface area is 228 Å². The van der Waals surface area contributed by atoms with E-state index in [1.807, 2.05) is 6.07 Å². The zero-order valence-electron chi connectivity index (χ0n) is 21.5. The molecule has 0 atom stereocenters. The summed E-state index contributed by atoms with van der Waals surface area (Å²) in [6.45, 7) is 1.14. The van der Waals surface area contributed by atoms with Gasteiger partial charge in [-0.15, -0.1) is 0 Å². The summed E-state index contributed by atoms with van der Waals surface area (Å²) in [7, 11) is 0. The lowest BCUT2D eigenvalue weighted by Gasteiger charge is -2.46. The predicted molar refractivity (Wildman–Crippen MR) is 144 cm³/mol. The van der Waals surface area contributed by atoms with Gasteiger partial charge in [-0.2, -0.15) is 23.5 Å². The third kappa shape index (κ3) is 6.40. The van der Waals surface area contributed by atoms with Crippen LogP contribution in [0.1, 0.15) is 24.8 Å². The molecule has 10 nitrogen and oxygen atoms in total. The van der Waals surface area contributed by atoms with Crippen LogP contribution in [0.4, 0.5) is 23.7 Å². The molecule has 0 unspecified atom stereocenters. The van der Waals surface area contributed by atoms with Gasteiger partial charge >= 0.3 is 12.2 Å². The number of nitrogens with two attached hydrogens (primary N) is 1. The molecule has 1 saturated carbocycles. The Balaban J connectivity index is 1.30. The monoisotopic (exact) mass is 551 g/mol. The number of nitrogens with zero attached hydrogens (tertiary/aromatic N) is 6. The molecule has 0 spiro atoms. The first kappa shape index (κ1) is 27.1. The van der Waals surface area contributed by atoms with Crippen LogP contribution >= 0.6 is 0 Å². The first-order valence-electron chi connectivity index (χ1n) is 12.8. The molecule has 1 aliphatic carbocycles. The van der Waals surface area contributed by atoms with Crippen molar-refractivity contribution in [1.29, 1.82) is 5.26 Å². The summed E-state index contributed by atoms with van der Waals surface area (Å²) >= 11 is 0. The van der Waals surface area contributed by atoms with E-state index < -0.39 is 24.3 Å². The van der Waals surface area contributed by atoms with Crippen LogP contribution in [0, 0.1) is 17.2 Å². The molecule has 2 aromatic heterocycles. The van der Waals surface area contributed by atoms with E-state index in [2.05, 4.69) is 26.4 Å². The average Bonchev–Trinajstić information content (AvgIpc) is 3.62. The summed E-state index contributed by atoms with van der Waals surface area (Å²) in [6, 6.07) is 9.72. The SMILES string of the molecule is N#CCC1(N=CC(=CN)c2cnn3c(-c4cccc(NC(=O)NCC(F)(F)F)c4)cnc3c2)CN(CC2CC2)C1. The number of alkyl halides is 3. The summed E-state index contributed by atoms with van der Waals surface area (Å²) in [5.74, 6) is 0.780. The minimum absolute atomic E-state index is 0.311. The number of halogens is 3. The minimum Gasteiger partial charge on any atom is -0.404 e. The van der Waals surface area contributed by atoms with E-state index in [-0.39, 0.29) is 0 Å². The van der Waals surface area contributed by atoms with Gasteiger partial charge in [0.05, 0.1) is 36.1 Å². The summed E-state index contributed by atoms with van der Waals surface area (Å²) in [5.41, 5.74) is 8.96. The van der Waals surface area contributed by atoms with Crippen LogP contribution in [-0.4, -0.2) is 69.6 Å². The maximum absolute atomic E-state index is 12.4. The molecule has 40 heavy (non-hydrogen) atoms. The molecule has 2 aliphatic rings. The number of aromatic nitrogens is 3. The minimum atomic E-state index is -4.50. The number of rotatable bonds is 9. The van der Waals surface area contributed by atoms with Crippen molar-refractivity contribution in [2.45, 2.75) is 31.0 Å². The van der Waals surface area contributed by atoms with Crippen LogP contribution in [0.5, 0.6) is 0 Å². The molecule has 2 amide bonds. The number of nitrogens with one attached hydrogen (secondary N) is 2. The third-order valence-electron chi connectivity index (χ3n) is 6.87. The highest BCUT2D eigenvalue weighted by molar-refractivity contribution is 6.10. The number of amides is 2. The lowest BCUT2D eigenvalue weighted by atomic mass is 9.87. The Kier molecular flexibility index (Phi) is 7.44. The molecule has 13 heteroatoms. The maximum Gasteiger partial charge on any atom is 0.405 e. The van der Waals surface area contributed by atoms with Crippen molar-refractivity contribution >= 4 is 29.2 Å². The molecular weight excluding hydrogens is 523 g/mol. The Morgan fingerprint density at radius 3 is 2.77 bits per heavy atom. The molecule has 0 radical (unpaired) electrons. The fraction of sp³-hybridized carbons (Fsp3) is 0.370. The van der Waals surface area contributed by atoms with Gasteiger partial charge in [-0.25, -0.2) is 14.3 Å². The van der Waals surface area contributed by atoms with E-state index in [0.717, 1.165) is 25.6 Å². The van der Waals surface area contributed by atoms with Gasteiger partial charge in [0.25, 0.3) is 0 Å². The normalized spacial score (nSPS) is 17.5. The lowest BCUT2D eigenvalue weighted by Crippen LogP contribution is -2.60. The summed E-state index contributed by atoms with van der Waals surface area (Å²) in [4.78, 5) is 23.4. The number of fused-ring (bicyclic) bond motifs is 1. The number of carbonyl (C=O) groups excluding carboxylic acids is 1. The van der Waals surface area contributed by atoms with Crippen LogP contribution in [0.3, 0.4) is 0 Å².